The van der Waals surface area contributed by atoms with Crippen molar-refractivity contribution >= 4 is 29.4 Å². The molecule has 1 saturated heterocycles. The van der Waals surface area contributed by atoms with Crippen LogP contribution in [0.2, 0.25) is 0 Å². The van der Waals surface area contributed by atoms with Crippen LogP contribution >= 0.6 is 23.5 Å². The fourth-order valence-corrected chi connectivity index (χ4v) is 5.23. The fraction of sp³-hybridized carbons (Fsp3) is 0.250. The summed E-state index contributed by atoms with van der Waals surface area (Å²) in [6.07, 6.45) is 0. The maximum absolute atomic E-state index is 14.2. The van der Waals surface area contributed by atoms with Gasteiger partial charge in [-0.15, -0.1) is 22.0 Å². The van der Waals surface area contributed by atoms with E-state index in [1.54, 1.807) is 53.1 Å². The van der Waals surface area contributed by atoms with Crippen LogP contribution in [0.15, 0.2) is 52.1 Å². The lowest BCUT2D eigenvalue weighted by Gasteiger charge is -2.24. The number of ether oxygens (including phenoxy) is 2. The van der Waals surface area contributed by atoms with E-state index in [4.69, 9.17) is 13.9 Å². The van der Waals surface area contributed by atoms with Crippen LogP contribution in [0.4, 0.5) is 4.39 Å². The van der Waals surface area contributed by atoms with Gasteiger partial charge in [0.2, 0.25) is 18.6 Å². The van der Waals surface area contributed by atoms with Gasteiger partial charge >= 0.3 is 0 Å². The van der Waals surface area contributed by atoms with E-state index in [0.717, 1.165) is 5.75 Å². The van der Waals surface area contributed by atoms with E-state index < -0.39 is 0 Å². The number of carbonyl (C=O) groups excluding carboxylic acids is 1. The second-order valence-electron chi connectivity index (χ2n) is 6.56. The van der Waals surface area contributed by atoms with Crippen LogP contribution in [-0.4, -0.2) is 45.8 Å². The van der Waals surface area contributed by atoms with E-state index in [-0.39, 0.29) is 29.6 Å². The van der Waals surface area contributed by atoms with Gasteiger partial charge < -0.3 is 18.8 Å². The van der Waals surface area contributed by atoms with E-state index in [9.17, 15) is 9.18 Å². The van der Waals surface area contributed by atoms with Crippen LogP contribution in [0.3, 0.4) is 0 Å². The number of carbonyl (C=O) groups is 1. The fourth-order valence-electron chi connectivity index (χ4n) is 3.28. The quantitative estimate of drug-likeness (QED) is 0.546. The molecule has 0 aliphatic carbocycles. The number of rotatable bonds is 5. The first-order chi connectivity index (χ1) is 14.7. The topological polar surface area (TPSA) is 77.7 Å². The lowest BCUT2D eigenvalue weighted by Crippen LogP contribution is -2.32. The zero-order chi connectivity index (χ0) is 20.5. The zero-order valence-electron chi connectivity index (χ0n) is 15.6. The zero-order valence-corrected chi connectivity index (χ0v) is 17.2. The molecule has 0 spiro atoms. The lowest BCUT2D eigenvalue weighted by atomic mass is 10.2. The Balaban J connectivity index is 1.24. The van der Waals surface area contributed by atoms with Crippen molar-refractivity contribution in [2.75, 3.05) is 24.8 Å². The van der Waals surface area contributed by atoms with Crippen molar-refractivity contribution in [1.82, 2.24) is 15.1 Å². The third-order valence-corrected chi connectivity index (χ3v) is 6.77. The van der Waals surface area contributed by atoms with E-state index in [1.165, 1.54) is 17.8 Å². The molecule has 0 unspecified atom stereocenters. The van der Waals surface area contributed by atoms with Gasteiger partial charge in [0, 0.05) is 23.4 Å². The predicted octanol–water partition coefficient (Wildman–Crippen LogP) is 3.97. The molecule has 1 amide bonds. The first kappa shape index (κ1) is 19.3. The second kappa shape index (κ2) is 8.19. The number of benzene rings is 2. The standard InChI is InChI=1S/C20H16FN3O4S2/c21-14-4-2-1-3-13(14)19-24(7-8-29-19)17(25)10-30-20-23-22-18(28-20)12-5-6-15-16(9-12)27-11-26-15/h1-6,9,19H,7-8,10-11H2/t19-/m1/s1. The molecular weight excluding hydrogens is 429 g/mol. The Bertz CT molecular complexity index is 1090. The van der Waals surface area contributed by atoms with E-state index in [2.05, 4.69) is 10.2 Å². The highest BCUT2D eigenvalue weighted by Crippen LogP contribution is 2.40. The molecular formula is C20H16FN3O4S2. The molecule has 0 N–H and O–H groups in total. The highest BCUT2D eigenvalue weighted by atomic mass is 32.2. The van der Waals surface area contributed by atoms with E-state index in [0.29, 0.717) is 40.3 Å². The van der Waals surface area contributed by atoms with Crippen molar-refractivity contribution in [3.8, 4) is 23.0 Å². The van der Waals surface area contributed by atoms with Crippen LogP contribution in [0.1, 0.15) is 10.9 Å². The molecule has 3 heterocycles. The number of hydrogen-bond acceptors (Lipinski definition) is 8. The summed E-state index contributed by atoms with van der Waals surface area (Å²) in [5, 5.41) is 8.05. The molecule has 2 aromatic carbocycles. The van der Waals surface area contributed by atoms with Crippen molar-refractivity contribution < 1.29 is 23.1 Å². The Kier molecular flexibility index (Phi) is 5.26. The molecule has 3 aromatic rings. The number of fused-ring (bicyclic) bond motifs is 1. The number of nitrogens with zero attached hydrogens (tertiary/aromatic N) is 3. The summed E-state index contributed by atoms with van der Waals surface area (Å²) >= 11 is 2.73. The SMILES string of the molecule is O=C(CSc1nnc(-c2ccc3c(c2)OCO3)o1)N1CCS[C@@H]1c1ccccc1F. The molecule has 0 bridgehead atoms. The van der Waals surface area contributed by atoms with Crippen molar-refractivity contribution in [1.29, 1.82) is 0 Å². The summed E-state index contributed by atoms with van der Waals surface area (Å²) < 4.78 is 30.5. The first-order valence-electron chi connectivity index (χ1n) is 9.21. The largest absolute Gasteiger partial charge is 0.454 e. The average Bonchev–Trinajstić information content (AvgIpc) is 3.52. The molecule has 2 aliphatic rings. The molecule has 10 heteroatoms. The third-order valence-electron chi connectivity index (χ3n) is 4.73. The van der Waals surface area contributed by atoms with Gasteiger partial charge in [-0.25, -0.2) is 4.39 Å². The molecule has 30 heavy (non-hydrogen) atoms. The first-order valence-corrected chi connectivity index (χ1v) is 11.2. The van der Waals surface area contributed by atoms with Gasteiger partial charge in [-0.1, -0.05) is 30.0 Å². The van der Waals surface area contributed by atoms with Crippen molar-refractivity contribution in [2.24, 2.45) is 0 Å². The maximum atomic E-state index is 14.2. The van der Waals surface area contributed by atoms with Gasteiger partial charge in [-0.3, -0.25) is 4.79 Å². The Morgan fingerprint density at radius 1 is 1.20 bits per heavy atom. The van der Waals surface area contributed by atoms with Crippen LogP contribution < -0.4 is 9.47 Å². The average molecular weight is 445 g/mol. The smallest absolute Gasteiger partial charge is 0.277 e. The van der Waals surface area contributed by atoms with Gasteiger partial charge in [-0.05, 0) is 24.3 Å². The highest BCUT2D eigenvalue weighted by molar-refractivity contribution is 8.00. The number of hydrogen-bond donors (Lipinski definition) is 0. The minimum absolute atomic E-state index is 0.0962. The molecule has 1 fully saturated rings. The van der Waals surface area contributed by atoms with Gasteiger partial charge in [0.15, 0.2) is 11.5 Å². The molecule has 0 saturated carbocycles. The Hall–Kier alpha value is -2.72. The van der Waals surface area contributed by atoms with Crippen LogP contribution in [-0.2, 0) is 4.79 Å². The van der Waals surface area contributed by atoms with Crippen LogP contribution in [0.25, 0.3) is 11.5 Å². The Morgan fingerprint density at radius 2 is 2.07 bits per heavy atom. The maximum Gasteiger partial charge on any atom is 0.277 e. The monoisotopic (exact) mass is 445 g/mol. The van der Waals surface area contributed by atoms with Crippen molar-refractivity contribution in [3.05, 3.63) is 53.8 Å². The van der Waals surface area contributed by atoms with Crippen LogP contribution in [0, 0.1) is 5.82 Å². The van der Waals surface area contributed by atoms with Gasteiger partial charge in [0.1, 0.15) is 11.2 Å². The van der Waals surface area contributed by atoms with Gasteiger partial charge in [0.05, 0.1) is 5.75 Å². The predicted molar refractivity (Wildman–Crippen MR) is 110 cm³/mol. The molecule has 1 aromatic heterocycles. The summed E-state index contributed by atoms with van der Waals surface area (Å²) in [6.45, 7) is 0.768. The minimum atomic E-state index is -0.314. The summed E-state index contributed by atoms with van der Waals surface area (Å²) in [5.74, 6) is 2.14. The molecule has 154 valence electrons. The number of halogens is 1. The summed E-state index contributed by atoms with van der Waals surface area (Å²) in [5.41, 5.74) is 1.24. The van der Waals surface area contributed by atoms with E-state index in [1.807, 2.05) is 0 Å². The Labute approximate surface area is 179 Å². The minimum Gasteiger partial charge on any atom is -0.454 e. The lowest BCUT2D eigenvalue weighted by molar-refractivity contribution is -0.128. The number of amides is 1. The molecule has 2 aliphatic heterocycles. The normalized spacial score (nSPS) is 17.5. The third kappa shape index (κ3) is 3.72. The number of thioether (sulfide) groups is 2. The van der Waals surface area contributed by atoms with Gasteiger partial charge in [0.25, 0.3) is 5.22 Å². The molecule has 5 rings (SSSR count). The molecule has 7 nitrogen and oxygen atoms in total. The van der Waals surface area contributed by atoms with Gasteiger partial charge in [-0.2, -0.15) is 0 Å². The summed E-state index contributed by atoms with van der Waals surface area (Å²) in [7, 11) is 0. The van der Waals surface area contributed by atoms with Crippen molar-refractivity contribution in [2.45, 2.75) is 10.6 Å². The Morgan fingerprint density at radius 3 is 2.97 bits per heavy atom. The van der Waals surface area contributed by atoms with Crippen LogP contribution in [0.5, 0.6) is 11.5 Å². The summed E-state index contributed by atoms with van der Waals surface area (Å²) in [4.78, 5) is 14.5. The number of aromatic nitrogens is 2. The van der Waals surface area contributed by atoms with Crippen molar-refractivity contribution in [3.63, 3.8) is 0 Å². The summed E-state index contributed by atoms with van der Waals surface area (Å²) in [6, 6.07) is 11.9. The van der Waals surface area contributed by atoms with E-state index >= 15 is 0 Å². The second-order valence-corrected chi connectivity index (χ2v) is 8.68. The highest BCUT2D eigenvalue weighted by Gasteiger charge is 2.32. The molecule has 1 atom stereocenters. The molecule has 0 radical (unpaired) electrons.